The summed E-state index contributed by atoms with van der Waals surface area (Å²) in [4.78, 5) is 6.94. The van der Waals surface area contributed by atoms with E-state index < -0.39 is 23.3 Å². The Balaban J connectivity index is 2.29. The van der Waals surface area contributed by atoms with Gasteiger partial charge >= 0.3 is 6.18 Å². The Labute approximate surface area is 122 Å². The number of benzene rings is 2. The molecule has 7 heteroatoms. The van der Waals surface area contributed by atoms with Gasteiger partial charge in [0, 0.05) is 0 Å². The molecular formula is C15H10F4N2O. The van der Waals surface area contributed by atoms with E-state index in [1.165, 1.54) is 0 Å². The topological polar surface area (TPSA) is 37.9 Å². The summed E-state index contributed by atoms with van der Waals surface area (Å²) < 4.78 is 58.0. The highest BCUT2D eigenvalue weighted by Crippen LogP contribution is 2.42. The number of nitrogens with one attached hydrogen (secondary N) is 1. The highest BCUT2D eigenvalue weighted by atomic mass is 19.4. The number of rotatable bonds is 2. The van der Waals surface area contributed by atoms with Gasteiger partial charge in [-0.15, -0.1) is 0 Å². The molecule has 0 saturated carbocycles. The van der Waals surface area contributed by atoms with Crippen molar-refractivity contribution < 1.29 is 22.3 Å². The van der Waals surface area contributed by atoms with Gasteiger partial charge in [-0.2, -0.15) is 13.2 Å². The van der Waals surface area contributed by atoms with Crippen LogP contribution in [0.25, 0.3) is 22.4 Å². The van der Waals surface area contributed by atoms with E-state index >= 15 is 0 Å². The van der Waals surface area contributed by atoms with Gasteiger partial charge in [0.1, 0.15) is 17.4 Å². The van der Waals surface area contributed by atoms with Crippen LogP contribution in [-0.2, 0) is 6.18 Å². The molecule has 1 aromatic heterocycles. The van der Waals surface area contributed by atoms with E-state index in [1.54, 1.807) is 24.3 Å². The van der Waals surface area contributed by atoms with Crippen molar-refractivity contribution in [2.45, 2.75) is 6.18 Å². The number of nitrogens with zero attached hydrogens (tertiary/aromatic N) is 1. The molecule has 1 heterocycles. The molecule has 0 amide bonds. The van der Waals surface area contributed by atoms with Crippen molar-refractivity contribution in [3.63, 3.8) is 0 Å². The van der Waals surface area contributed by atoms with Gasteiger partial charge in [0.05, 0.1) is 29.3 Å². The number of ether oxygens (including phenoxy) is 1. The molecule has 0 saturated heterocycles. The Morgan fingerprint density at radius 3 is 2.45 bits per heavy atom. The summed E-state index contributed by atoms with van der Waals surface area (Å²) >= 11 is 0. The highest BCUT2D eigenvalue weighted by Gasteiger charge is 2.37. The van der Waals surface area contributed by atoms with Crippen LogP contribution < -0.4 is 4.74 Å². The zero-order chi connectivity index (χ0) is 15.9. The maximum atomic E-state index is 14.1. The molecule has 22 heavy (non-hydrogen) atoms. The molecule has 114 valence electrons. The van der Waals surface area contributed by atoms with Gasteiger partial charge in [-0.05, 0) is 24.3 Å². The van der Waals surface area contributed by atoms with Crippen molar-refractivity contribution in [2.75, 3.05) is 7.11 Å². The van der Waals surface area contributed by atoms with Crippen LogP contribution in [0.5, 0.6) is 5.75 Å². The first kappa shape index (κ1) is 14.4. The number of fused-ring (bicyclic) bond motifs is 1. The Hall–Kier alpha value is -2.57. The number of para-hydroxylation sites is 2. The van der Waals surface area contributed by atoms with E-state index in [4.69, 9.17) is 4.74 Å². The van der Waals surface area contributed by atoms with Crippen LogP contribution >= 0.6 is 0 Å². The second kappa shape index (κ2) is 5.01. The smallest absolute Gasteiger partial charge is 0.419 e. The molecule has 0 atom stereocenters. The van der Waals surface area contributed by atoms with Gasteiger partial charge in [-0.25, -0.2) is 9.37 Å². The van der Waals surface area contributed by atoms with Crippen LogP contribution in [0.1, 0.15) is 5.56 Å². The fourth-order valence-electron chi connectivity index (χ4n) is 2.29. The van der Waals surface area contributed by atoms with E-state index in [0.29, 0.717) is 17.1 Å². The summed E-state index contributed by atoms with van der Waals surface area (Å²) in [5.41, 5.74) is -0.270. The Kier molecular flexibility index (Phi) is 3.27. The minimum atomic E-state index is -4.65. The predicted octanol–water partition coefficient (Wildman–Crippen LogP) is 4.40. The maximum Gasteiger partial charge on any atom is 0.419 e. The third kappa shape index (κ3) is 2.28. The average molecular weight is 310 g/mol. The van der Waals surface area contributed by atoms with Crippen LogP contribution in [0.4, 0.5) is 17.6 Å². The lowest BCUT2D eigenvalue weighted by molar-refractivity contribution is -0.138. The first-order valence-electron chi connectivity index (χ1n) is 6.30. The second-order valence-corrected chi connectivity index (χ2v) is 4.60. The van der Waals surface area contributed by atoms with E-state index in [1.807, 2.05) is 0 Å². The molecule has 1 N–H and O–H groups in total. The van der Waals surface area contributed by atoms with Crippen molar-refractivity contribution in [1.82, 2.24) is 9.97 Å². The molecule has 0 radical (unpaired) electrons. The van der Waals surface area contributed by atoms with Crippen molar-refractivity contribution in [1.29, 1.82) is 0 Å². The molecule has 0 aliphatic heterocycles. The SMILES string of the molecule is COc1c(C(F)(F)F)ccc(F)c1-c1nc2ccccc2[nH]1. The lowest BCUT2D eigenvalue weighted by atomic mass is 10.1. The van der Waals surface area contributed by atoms with Crippen molar-refractivity contribution >= 4 is 11.0 Å². The average Bonchev–Trinajstić information content (AvgIpc) is 2.88. The molecule has 0 unspecified atom stereocenters. The summed E-state index contributed by atoms with van der Waals surface area (Å²) in [6.45, 7) is 0. The summed E-state index contributed by atoms with van der Waals surface area (Å²) in [6, 6.07) is 8.25. The van der Waals surface area contributed by atoms with Crippen LogP contribution in [0, 0.1) is 5.82 Å². The third-order valence-corrected chi connectivity index (χ3v) is 3.24. The molecule has 3 nitrogen and oxygen atoms in total. The monoisotopic (exact) mass is 310 g/mol. The van der Waals surface area contributed by atoms with Crippen LogP contribution in [0.2, 0.25) is 0 Å². The molecule has 3 rings (SSSR count). The standard InChI is InChI=1S/C15H10F4N2O/c1-22-13-8(15(17,18)19)6-7-9(16)12(13)14-20-10-4-2-3-5-11(10)21-14/h2-7H,1H3,(H,20,21). The molecule has 0 spiro atoms. The molecule has 0 aliphatic rings. The summed E-state index contributed by atoms with van der Waals surface area (Å²) in [5, 5.41) is 0. The summed E-state index contributed by atoms with van der Waals surface area (Å²) in [5.74, 6) is -1.45. The van der Waals surface area contributed by atoms with Crippen LogP contribution in [0.3, 0.4) is 0 Å². The maximum absolute atomic E-state index is 14.1. The number of imidazole rings is 1. The van der Waals surface area contributed by atoms with Gasteiger partial charge < -0.3 is 9.72 Å². The molecule has 0 fully saturated rings. The summed E-state index contributed by atoms with van der Waals surface area (Å²) in [7, 11) is 1.07. The largest absolute Gasteiger partial charge is 0.495 e. The predicted molar refractivity (Wildman–Crippen MR) is 73.0 cm³/mol. The lowest BCUT2D eigenvalue weighted by Gasteiger charge is -2.15. The Morgan fingerprint density at radius 1 is 1.09 bits per heavy atom. The van der Waals surface area contributed by atoms with Gasteiger partial charge in [0.25, 0.3) is 0 Å². The third-order valence-electron chi connectivity index (χ3n) is 3.24. The molecule has 0 bridgehead atoms. The number of hydrogen-bond acceptors (Lipinski definition) is 2. The van der Waals surface area contributed by atoms with Gasteiger partial charge in [-0.3, -0.25) is 0 Å². The number of aromatic nitrogens is 2. The normalized spacial score (nSPS) is 11.9. The summed E-state index contributed by atoms with van der Waals surface area (Å²) in [6.07, 6.45) is -4.65. The Morgan fingerprint density at radius 2 is 1.82 bits per heavy atom. The first-order valence-corrected chi connectivity index (χ1v) is 6.30. The van der Waals surface area contributed by atoms with E-state index in [2.05, 4.69) is 9.97 Å². The minimum absolute atomic E-state index is 0.0124. The van der Waals surface area contributed by atoms with Crippen molar-refractivity contribution in [3.8, 4) is 17.1 Å². The lowest BCUT2D eigenvalue weighted by Crippen LogP contribution is -2.09. The van der Waals surface area contributed by atoms with Crippen molar-refractivity contribution in [2.24, 2.45) is 0 Å². The molecular weight excluding hydrogens is 300 g/mol. The van der Waals surface area contributed by atoms with E-state index in [9.17, 15) is 17.6 Å². The second-order valence-electron chi connectivity index (χ2n) is 4.60. The van der Waals surface area contributed by atoms with Gasteiger partial charge in [0.2, 0.25) is 0 Å². The fraction of sp³-hybridized carbons (Fsp3) is 0.133. The number of hydrogen-bond donors (Lipinski definition) is 1. The fourth-order valence-corrected chi connectivity index (χ4v) is 2.29. The van der Waals surface area contributed by atoms with Gasteiger partial charge in [-0.1, -0.05) is 12.1 Å². The number of aromatic amines is 1. The minimum Gasteiger partial charge on any atom is -0.495 e. The zero-order valence-corrected chi connectivity index (χ0v) is 11.3. The molecule has 3 aromatic rings. The van der Waals surface area contributed by atoms with E-state index in [0.717, 1.165) is 13.2 Å². The number of methoxy groups -OCH3 is 1. The molecule has 2 aromatic carbocycles. The number of halogens is 4. The van der Waals surface area contributed by atoms with Crippen LogP contribution in [0.15, 0.2) is 36.4 Å². The number of H-pyrrole nitrogens is 1. The number of alkyl halides is 3. The Bertz CT molecular complexity index is 806. The first-order chi connectivity index (χ1) is 10.4. The van der Waals surface area contributed by atoms with Gasteiger partial charge in [0.15, 0.2) is 0 Å². The van der Waals surface area contributed by atoms with Crippen LogP contribution in [-0.4, -0.2) is 17.1 Å². The molecule has 0 aliphatic carbocycles. The highest BCUT2D eigenvalue weighted by molar-refractivity contribution is 5.81. The zero-order valence-electron chi connectivity index (χ0n) is 11.3. The van der Waals surface area contributed by atoms with Crippen molar-refractivity contribution in [3.05, 3.63) is 47.8 Å². The van der Waals surface area contributed by atoms with E-state index in [-0.39, 0.29) is 11.4 Å². The quantitative estimate of drug-likeness (QED) is 0.713.